The van der Waals surface area contributed by atoms with Crippen molar-refractivity contribution in [3.63, 3.8) is 0 Å². The van der Waals surface area contributed by atoms with Crippen LogP contribution in [0.4, 0.5) is 5.69 Å². The molecule has 1 fully saturated rings. The van der Waals surface area contributed by atoms with Crippen molar-refractivity contribution in [2.45, 2.75) is 32.6 Å². The highest BCUT2D eigenvalue weighted by atomic mass is 32.1. The number of carbonyl (C=O) groups is 1. The van der Waals surface area contributed by atoms with Gasteiger partial charge in [0.05, 0.1) is 5.69 Å². The fourth-order valence-corrected chi connectivity index (χ4v) is 3.95. The first-order chi connectivity index (χ1) is 9.65. The number of anilines is 1. The number of nitrogens with two attached hydrogens (primary N) is 1. The third-order valence-corrected chi connectivity index (χ3v) is 5.81. The first-order valence-corrected chi connectivity index (χ1v) is 8.02. The molecule has 1 aliphatic rings. The molecule has 1 saturated carbocycles. The zero-order valence-electron chi connectivity index (χ0n) is 11.7. The lowest BCUT2D eigenvalue weighted by Crippen LogP contribution is -2.41. The van der Waals surface area contributed by atoms with Crippen LogP contribution in [-0.4, -0.2) is 12.5 Å². The molecule has 0 atom stereocenters. The lowest BCUT2D eigenvalue weighted by atomic mass is 9.67. The Bertz CT molecular complexity index is 637. The molecule has 0 spiro atoms. The van der Waals surface area contributed by atoms with Crippen molar-refractivity contribution in [3.8, 4) is 0 Å². The van der Waals surface area contributed by atoms with E-state index in [1.165, 1.54) is 30.6 Å². The van der Waals surface area contributed by atoms with E-state index in [1.807, 2.05) is 24.3 Å². The maximum Gasteiger partial charge on any atom is 0.263 e. The molecule has 4 heteroatoms. The standard InChI is InChI=1S/C16H20N2OS/c1-2-16(8-5-9-16)10-18-15(19)14-13(17)11-6-3-4-7-12(11)20-14/h3-4,6-7H,2,5,8-10,17H2,1H3,(H,18,19). The molecule has 1 aliphatic carbocycles. The number of fused-ring (bicyclic) bond motifs is 1. The summed E-state index contributed by atoms with van der Waals surface area (Å²) < 4.78 is 1.07. The molecule has 3 N–H and O–H groups in total. The van der Waals surface area contributed by atoms with Crippen LogP contribution >= 0.6 is 11.3 Å². The number of rotatable bonds is 4. The van der Waals surface area contributed by atoms with E-state index < -0.39 is 0 Å². The lowest BCUT2D eigenvalue weighted by Gasteiger charge is -2.41. The van der Waals surface area contributed by atoms with Crippen LogP contribution in [0.15, 0.2) is 24.3 Å². The van der Waals surface area contributed by atoms with Crippen molar-refractivity contribution in [2.24, 2.45) is 5.41 Å². The van der Waals surface area contributed by atoms with Crippen molar-refractivity contribution < 1.29 is 4.79 Å². The van der Waals surface area contributed by atoms with Crippen molar-refractivity contribution >= 4 is 33.0 Å². The third-order valence-electron chi connectivity index (χ3n) is 4.63. The summed E-state index contributed by atoms with van der Waals surface area (Å²) in [5.74, 6) is -0.0246. The summed E-state index contributed by atoms with van der Waals surface area (Å²) in [5.41, 5.74) is 7.06. The third kappa shape index (κ3) is 2.18. The second kappa shape index (κ2) is 5.09. The van der Waals surface area contributed by atoms with E-state index in [9.17, 15) is 4.79 Å². The quantitative estimate of drug-likeness (QED) is 0.899. The summed E-state index contributed by atoms with van der Waals surface area (Å²) in [6.07, 6.45) is 4.88. The summed E-state index contributed by atoms with van der Waals surface area (Å²) in [6.45, 7) is 2.98. The smallest absolute Gasteiger partial charge is 0.263 e. The van der Waals surface area contributed by atoms with Gasteiger partial charge in [-0.2, -0.15) is 0 Å². The van der Waals surface area contributed by atoms with E-state index in [0.29, 0.717) is 16.0 Å². The van der Waals surface area contributed by atoms with Crippen LogP contribution in [0.25, 0.3) is 10.1 Å². The fraction of sp³-hybridized carbons (Fsp3) is 0.438. The SMILES string of the molecule is CCC1(CNC(=O)c2sc3ccccc3c2N)CCC1. The molecule has 3 rings (SSSR count). The minimum atomic E-state index is -0.0246. The summed E-state index contributed by atoms with van der Waals surface area (Å²) in [4.78, 5) is 13.0. The van der Waals surface area contributed by atoms with Crippen LogP contribution in [0.3, 0.4) is 0 Å². The first-order valence-electron chi connectivity index (χ1n) is 7.20. The average Bonchev–Trinajstić information content (AvgIpc) is 2.76. The maximum atomic E-state index is 12.4. The maximum absolute atomic E-state index is 12.4. The predicted molar refractivity (Wildman–Crippen MR) is 85.1 cm³/mol. The van der Waals surface area contributed by atoms with E-state index in [0.717, 1.165) is 23.1 Å². The number of carbonyl (C=O) groups excluding carboxylic acids is 1. The molecule has 1 aromatic heterocycles. The van der Waals surface area contributed by atoms with Gasteiger partial charge >= 0.3 is 0 Å². The van der Waals surface area contributed by atoms with E-state index in [1.54, 1.807) is 0 Å². The van der Waals surface area contributed by atoms with E-state index in [4.69, 9.17) is 5.73 Å². The summed E-state index contributed by atoms with van der Waals surface area (Å²) in [6, 6.07) is 7.90. The minimum Gasteiger partial charge on any atom is -0.397 e. The molecule has 1 heterocycles. The first kappa shape index (κ1) is 13.4. The predicted octanol–water partition coefficient (Wildman–Crippen LogP) is 3.79. The van der Waals surface area contributed by atoms with Gasteiger partial charge in [0, 0.05) is 16.6 Å². The highest BCUT2D eigenvalue weighted by Gasteiger charge is 2.35. The number of nitrogen functional groups attached to an aromatic ring is 1. The topological polar surface area (TPSA) is 55.1 Å². The fourth-order valence-electron chi connectivity index (χ4n) is 2.91. The molecule has 0 aliphatic heterocycles. The monoisotopic (exact) mass is 288 g/mol. The van der Waals surface area contributed by atoms with Gasteiger partial charge in [-0.25, -0.2) is 0 Å². The van der Waals surface area contributed by atoms with Crippen LogP contribution in [0.2, 0.25) is 0 Å². The van der Waals surface area contributed by atoms with Gasteiger partial charge in [-0.3, -0.25) is 4.79 Å². The van der Waals surface area contributed by atoms with Gasteiger partial charge in [0.1, 0.15) is 4.88 Å². The Kier molecular flexibility index (Phi) is 3.42. The lowest BCUT2D eigenvalue weighted by molar-refractivity contribution is 0.0854. The van der Waals surface area contributed by atoms with Crippen LogP contribution in [0.1, 0.15) is 42.3 Å². The second-order valence-corrected chi connectivity index (χ2v) is 6.78. The van der Waals surface area contributed by atoms with Gasteiger partial charge in [0.15, 0.2) is 0 Å². The van der Waals surface area contributed by atoms with E-state index in [-0.39, 0.29) is 5.91 Å². The van der Waals surface area contributed by atoms with Crippen LogP contribution in [0, 0.1) is 5.41 Å². The molecule has 2 aromatic rings. The number of nitrogens with one attached hydrogen (secondary N) is 1. The number of hydrogen-bond donors (Lipinski definition) is 2. The molecule has 106 valence electrons. The Labute approximate surface area is 123 Å². The highest BCUT2D eigenvalue weighted by molar-refractivity contribution is 7.21. The van der Waals surface area contributed by atoms with Gasteiger partial charge in [-0.05, 0) is 30.7 Å². The van der Waals surface area contributed by atoms with Crippen molar-refractivity contribution in [3.05, 3.63) is 29.1 Å². The Hall–Kier alpha value is -1.55. The largest absolute Gasteiger partial charge is 0.397 e. The van der Waals surface area contributed by atoms with Gasteiger partial charge < -0.3 is 11.1 Å². The second-order valence-electron chi connectivity index (χ2n) is 5.73. The number of amides is 1. The molecule has 0 unspecified atom stereocenters. The molecule has 0 saturated heterocycles. The highest BCUT2D eigenvalue weighted by Crippen LogP contribution is 2.43. The van der Waals surface area contributed by atoms with Gasteiger partial charge in [-0.1, -0.05) is 31.5 Å². The molecule has 0 radical (unpaired) electrons. The molecule has 1 aromatic carbocycles. The minimum absolute atomic E-state index is 0.0246. The molecule has 3 nitrogen and oxygen atoms in total. The van der Waals surface area contributed by atoms with Crippen LogP contribution < -0.4 is 11.1 Å². The molecular formula is C16H20N2OS. The summed E-state index contributed by atoms with van der Waals surface area (Å²) in [5, 5.41) is 4.07. The zero-order valence-corrected chi connectivity index (χ0v) is 12.6. The van der Waals surface area contributed by atoms with E-state index in [2.05, 4.69) is 12.2 Å². The number of hydrogen-bond acceptors (Lipinski definition) is 3. The number of benzene rings is 1. The Morgan fingerprint density at radius 3 is 2.75 bits per heavy atom. The van der Waals surface area contributed by atoms with Crippen molar-refractivity contribution in [1.82, 2.24) is 5.32 Å². The van der Waals surface area contributed by atoms with Gasteiger partial charge in [0.2, 0.25) is 0 Å². The summed E-state index contributed by atoms with van der Waals surface area (Å²) >= 11 is 1.48. The Balaban J connectivity index is 1.77. The number of thiophene rings is 1. The van der Waals surface area contributed by atoms with Gasteiger partial charge in [0.25, 0.3) is 5.91 Å². The van der Waals surface area contributed by atoms with Crippen LogP contribution in [0.5, 0.6) is 0 Å². The Morgan fingerprint density at radius 2 is 2.15 bits per heavy atom. The average molecular weight is 288 g/mol. The van der Waals surface area contributed by atoms with E-state index >= 15 is 0 Å². The molecule has 1 amide bonds. The summed E-state index contributed by atoms with van der Waals surface area (Å²) in [7, 11) is 0. The molecular weight excluding hydrogens is 268 g/mol. The normalized spacial score (nSPS) is 16.9. The van der Waals surface area contributed by atoms with Crippen molar-refractivity contribution in [1.29, 1.82) is 0 Å². The zero-order chi connectivity index (χ0) is 14.2. The Morgan fingerprint density at radius 1 is 1.40 bits per heavy atom. The molecule has 0 bridgehead atoms. The van der Waals surface area contributed by atoms with Crippen molar-refractivity contribution in [2.75, 3.05) is 12.3 Å². The van der Waals surface area contributed by atoms with Gasteiger partial charge in [-0.15, -0.1) is 11.3 Å². The van der Waals surface area contributed by atoms with Crippen LogP contribution in [-0.2, 0) is 0 Å². The molecule has 20 heavy (non-hydrogen) atoms.